The van der Waals surface area contributed by atoms with E-state index >= 15 is 0 Å². The average Bonchev–Trinajstić information content (AvgIpc) is 3.06. The lowest BCUT2D eigenvalue weighted by Gasteiger charge is -2.16. The van der Waals surface area contributed by atoms with E-state index in [1.54, 1.807) is 0 Å². The number of carbonyl (C=O) groups excluding carboxylic acids is 1. The minimum atomic E-state index is -3.36. The van der Waals surface area contributed by atoms with Crippen molar-refractivity contribution < 1.29 is 18.3 Å². The number of hydrogen-bond acceptors (Lipinski definition) is 4. The number of sulfone groups is 1. The Labute approximate surface area is 151 Å². The van der Waals surface area contributed by atoms with Gasteiger partial charge in [-0.2, -0.15) is 0 Å². The van der Waals surface area contributed by atoms with Crippen molar-refractivity contribution in [1.82, 2.24) is 5.32 Å². The molecule has 0 aliphatic heterocycles. The molecular formula is C17H24BrNO4S. The van der Waals surface area contributed by atoms with Crippen molar-refractivity contribution in [3.05, 3.63) is 34.3 Å². The number of halogens is 1. The highest BCUT2D eigenvalue weighted by molar-refractivity contribution is 9.10. The highest BCUT2D eigenvalue weighted by Crippen LogP contribution is 2.25. The number of rotatable bonds is 8. The fraction of sp³-hybridized carbons (Fsp3) is 0.588. The van der Waals surface area contributed by atoms with E-state index in [4.69, 9.17) is 0 Å². The lowest BCUT2D eigenvalue weighted by molar-refractivity contribution is -0.118. The summed E-state index contributed by atoms with van der Waals surface area (Å²) in [5.74, 6) is -1.07. The molecule has 0 radical (unpaired) electrons. The first-order chi connectivity index (χ1) is 11.4. The highest BCUT2D eigenvalue weighted by atomic mass is 79.9. The lowest BCUT2D eigenvalue weighted by Crippen LogP contribution is -2.37. The van der Waals surface area contributed by atoms with Crippen LogP contribution in [0.4, 0.5) is 0 Å². The molecule has 1 atom stereocenters. The Morgan fingerprint density at radius 3 is 2.67 bits per heavy atom. The summed E-state index contributed by atoms with van der Waals surface area (Å²) in [5, 5.41) is 11.8. The van der Waals surface area contributed by atoms with Gasteiger partial charge in [0.15, 0.2) is 9.84 Å². The van der Waals surface area contributed by atoms with Gasteiger partial charge in [-0.3, -0.25) is 4.79 Å². The number of carbonyl (C=O) groups is 1. The van der Waals surface area contributed by atoms with Gasteiger partial charge in [0.25, 0.3) is 0 Å². The van der Waals surface area contributed by atoms with E-state index in [1.165, 1.54) is 0 Å². The molecule has 0 spiro atoms. The van der Waals surface area contributed by atoms with Crippen LogP contribution in [-0.4, -0.2) is 43.6 Å². The summed E-state index contributed by atoms with van der Waals surface area (Å²) in [4.78, 5) is 12.0. The van der Waals surface area contributed by atoms with Crippen LogP contribution in [0.15, 0.2) is 28.7 Å². The maximum atomic E-state index is 12.2. The second-order valence-corrected chi connectivity index (χ2v) is 9.60. The fourth-order valence-corrected chi connectivity index (χ4v) is 5.26. The van der Waals surface area contributed by atoms with Crippen LogP contribution >= 0.6 is 15.9 Å². The van der Waals surface area contributed by atoms with Crippen LogP contribution in [0.3, 0.4) is 0 Å². The zero-order valence-electron chi connectivity index (χ0n) is 13.6. The van der Waals surface area contributed by atoms with Gasteiger partial charge in [0.05, 0.1) is 5.25 Å². The van der Waals surface area contributed by atoms with Gasteiger partial charge in [-0.1, -0.05) is 40.9 Å². The predicted octanol–water partition coefficient (Wildman–Crippen LogP) is 2.07. The van der Waals surface area contributed by atoms with E-state index in [-0.39, 0.29) is 24.3 Å². The average molecular weight is 418 g/mol. The Morgan fingerprint density at radius 1 is 1.33 bits per heavy atom. The number of aliphatic hydroxyl groups is 1. The number of hydrogen-bond donors (Lipinski definition) is 2. The summed E-state index contributed by atoms with van der Waals surface area (Å²) >= 11 is 3.40. The molecule has 1 saturated carbocycles. The van der Waals surface area contributed by atoms with Gasteiger partial charge in [0.1, 0.15) is 5.75 Å². The fourth-order valence-electron chi connectivity index (χ4n) is 3.06. The standard InChI is InChI=1S/C17H24BrNO4S/c18-15-5-3-4-13(9-15)8-14(11-20)10-19-17(21)12-24(22,23)16-6-1-2-7-16/h3-5,9,14,16,20H,1-2,6-8,10-12H2,(H,19,21)/t14-/m1/s1. The van der Waals surface area contributed by atoms with Crippen molar-refractivity contribution in [2.75, 3.05) is 18.9 Å². The predicted molar refractivity (Wildman–Crippen MR) is 97.5 cm³/mol. The number of benzene rings is 1. The van der Waals surface area contributed by atoms with Crippen molar-refractivity contribution in [1.29, 1.82) is 0 Å². The summed E-state index contributed by atoms with van der Waals surface area (Å²) in [5.41, 5.74) is 1.05. The quantitative estimate of drug-likeness (QED) is 0.677. The van der Waals surface area contributed by atoms with Gasteiger partial charge in [-0.15, -0.1) is 0 Å². The lowest BCUT2D eigenvalue weighted by atomic mass is 10.00. The number of amides is 1. The van der Waals surface area contributed by atoms with Crippen molar-refractivity contribution in [3.63, 3.8) is 0 Å². The summed E-state index contributed by atoms with van der Waals surface area (Å²) in [6.07, 6.45) is 3.79. The Balaban J connectivity index is 1.82. The van der Waals surface area contributed by atoms with Gasteiger partial charge in [0, 0.05) is 23.5 Å². The largest absolute Gasteiger partial charge is 0.396 e. The second kappa shape index (κ2) is 8.97. The Morgan fingerprint density at radius 2 is 2.04 bits per heavy atom. The van der Waals surface area contributed by atoms with Crippen LogP contribution in [0.25, 0.3) is 0 Å². The smallest absolute Gasteiger partial charge is 0.235 e. The maximum absolute atomic E-state index is 12.2. The molecule has 1 aromatic rings. The molecule has 0 saturated heterocycles. The molecule has 134 valence electrons. The van der Waals surface area contributed by atoms with Crippen molar-refractivity contribution in [2.24, 2.45) is 5.92 Å². The molecule has 2 N–H and O–H groups in total. The van der Waals surface area contributed by atoms with E-state index < -0.39 is 21.5 Å². The van der Waals surface area contributed by atoms with Crippen molar-refractivity contribution >= 4 is 31.7 Å². The summed E-state index contributed by atoms with van der Waals surface area (Å²) in [6.45, 7) is 0.199. The monoisotopic (exact) mass is 417 g/mol. The molecule has 7 heteroatoms. The van der Waals surface area contributed by atoms with E-state index in [2.05, 4.69) is 21.2 Å². The van der Waals surface area contributed by atoms with Gasteiger partial charge < -0.3 is 10.4 Å². The number of nitrogens with one attached hydrogen (secondary N) is 1. The van der Waals surface area contributed by atoms with E-state index in [1.807, 2.05) is 24.3 Å². The van der Waals surface area contributed by atoms with Gasteiger partial charge in [0.2, 0.25) is 5.91 Å². The normalized spacial score (nSPS) is 16.9. The molecule has 1 fully saturated rings. The van der Waals surface area contributed by atoms with Crippen LogP contribution in [0.5, 0.6) is 0 Å². The molecular weight excluding hydrogens is 394 g/mol. The summed E-state index contributed by atoms with van der Waals surface area (Å²) in [7, 11) is -3.36. The van der Waals surface area contributed by atoms with Crippen LogP contribution in [0, 0.1) is 5.92 Å². The topological polar surface area (TPSA) is 83.5 Å². The molecule has 0 aromatic heterocycles. The van der Waals surface area contributed by atoms with Crippen LogP contribution < -0.4 is 5.32 Å². The van der Waals surface area contributed by atoms with Crippen molar-refractivity contribution in [2.45, 2.75) is 37.4 Å². The molecule has 0 unspecified atom stereocenters. The third kappa shape index (κ3) is 5.86. The first-order valence-corrected chi connectivity index (χ1v) is 10.7. The molecule has 1 aromatic carbocycles. The third-order valence-electron chi connectivity index (χ3n) is 4.40. The summed E-state index contributed by atoms with van der Waals surface area (Å²) in [6, 6.07) is 7.77. The van der Waals surface area contributed by atoms with Gasteiger partial charge in [-0.25, -0.2) is 8.42 Å². The molecule has 1 aliphatic carbocycles. The molecule has 0 heterocycles. The number of aliphatic hydroxyl groups excluding tert-OH is 1. The van der Waals surface area contributed by atoms with Crippen LogP contribution in [0.2, 0.25) is 0 Å². The SMILES string of the molecule is O=C(CS(=O)(=O)C1CCCC1)NC[C@H](CO)Cc1cccc(Br)c1. The van der Waals surface area contributed by atoms with Crippen LogP contribution in [-0.2, 0) is 21.1 Å². The molecule has 24 heavy (non-hydrogen) atoms. The van der Waals surface area contributed by atoms with Crippen LogP contribution in [0.1, 0.15) is 31.2 Å². The summed E-state index contributed by atoms with van der Waals surface area (Å²) < 4.78 is 25.3. The van der Waals surface area contributed by atoms with E-state index in [9.17, 15) is 18.3 Å². The molecule has 0 bridgehead atoms. The molecule has 1 aliphatic rings. The maximum Gasteiger partial charge on any atom is 0.235 e. The van der Waals surface area contributed by atoms with Crippen molar-refractivity contribution in [3.8, 4) is 0 Å². The van der Waals surface area contributed by atoms with E-state index in [0.29, 0.717) is 19.3 Å². The highest BCUT2D eigenvalue weighted by Gasteiger charge is 2.30. The van der Waals surface area contributed by atoms with Gasteiger partial charge in [-0.05, 0) is 37.0 Å². The molecule has 1 amide bonds. The zero-order chi connectivity index (χ0) is 17.6. The second-order valence-electron chi connectivity index (χ2n) is 6.40. The first-order valence-electron chi connectivity index (χ1n) is 8.24. The molecule has 5 nitrogen and oxygen atoms in total. The minimum absolute atomic E-state index is 0.0673. The Hall–Kier alpha value is -0.920. The minimum Gasteiger partial charge on any atom is -0.396 e. The first kappa shape index (κ1) is 19.4. The van der Waals surface area contributed by atoms with E-state index in [0.717, 1.165) is 22.9 Å². The Bertz CT molecular complexity index is 656. The zero-order valence-corrected chi connectivity index (χ0v) is 16.0. The van der Waals surface area contributed by atoms with Gasteiger partial charge >= 0.3 is 0 Å². The Kier molecular flexibility index (Phi) is 7.25. The molecule has 2 rings (SSSR count). The third-order valence-corrected chi connectivity index (χ3v) is 7.05.